The number of methoxy groups -OCH3 is 1. The van der Waals surface area contributed by atoms with Crippen molar-refractivity contribution >= 4 is 28.9 Å². The van der Waals surface area contributed by atoms with E-state index in [1.165, 1.54) is 18.1 Å². The molecule has 0 spiro atoms. The Hall–Kier alpha value is -2.81. The second-order valence-electron chi connectivity index (χ2n) is 5.88. The summed E-state index contributed by atoms with van der Waals surface area (Å²) < 4.78 is 4.58. The van der Waals surface area contributed by atoms with Gasteiger partial charge in [-0.2, -0.15) is 0 Å². The van der Waals surface area contributed by atoms with E-state index < -0.39 is 16.8 Å². The van der Waals surface area contributed by atoms with Crippen LogP contribution in [-0.4, -0.2) is 28.9 Å². The molecule has 0 bridgehead atoms. The number of thiazole rings is 1. The van der Waals surface area contributed by atoms with E-state index in [4.69, 9.17) is 0 Å². The second kappa shape index (κ2) is 7.61. The molecule has 0 fully saturated rings. The summed E-state index contributed by atoms with van der Waals surface area (Å²) >= 11 is 1.58. The molecule has 1 aliphatic rings. The van der Waals surface area contributed by atoms with E-state index in [2.05, 4.69) is 15.0 Å². The van der Waals surface area contributed by atoms with Gasteiger partial charge in [-0.3, -0.25) is 14.9 Å². The molecule has 0 radical (unpaired) electrons. The minimum absolute atomic E-state index is 0.0286. The maximum absolute atomic E-state index is 12.4. The molecule has 1 heterocycles. The predicted octanol–water partition coefficient (Wildman–Crippen LogP) is 2.65. The number of aromatic nitrogens is 1. The largest absolute Gasteiger partial charge is 0.465 e. The van der Waals surface area contributed by atoms with Crippen LogP contribution in [-0.2, 0) is 24.1 Å². The first-order valence-electron chi connectivity index (χ1n) is 8.11. The molecule has 9 heteroatoms. The van der Waals surface area contributed by atoms with Crippen molar-refractivity contribution in [2.75, 3.05) is 7.11 Å². The maximum Gasteiger partial charge on any atom is 0.338 e. The number of aryl methyl sites for hydroxylation is 2. The van der Waals surface area contributed by atoms with E-state index in [1.807, 2.05) is 0 Å². The summed E-state index contributed by atoms with van der Waals surface area (Å²) in [5, 5.41) is 14.6. The van der Waals surface area contributed by atoms with Crippen molar-refractivity contribution in [3.05, 3.63) is 55.0 Å². The molecule has 0 atom stereocenters. The fraction of sp³-hybridized carbons (Fsp3) is 0.353. The molecule has 1 aromatic carbocycles. The summed E-state index contributed by atoms with van der Waals surface area (Å²) in [5.74, 6) is -1.25. The topological polar surface area (TPSA) is 111 Å². The quantitative estimate of drug-likeness (QED) is 0.488. The van der Waals surface area contributed by atoms with Crippen molar-refractivity contribution in [2.45, 2.75) is 32.2 Å². The third kappa shape index (κ3) is 3.88. The number of esters is 1. The van der Waals surface area contributed by atoms with Gasteiger partial charge < -0.3 is 10.1 Å². The lowest BCUT2D eigenvalue weighted by atomic mass is 10.0. The summed E-state index contributed by atoms with van der Waals surface area (Å²) in [7, 11) is 1.17. The fourth-order valence-corrected chi connectivity index (χ4v) is 3.92. The van der Waals surface area contributed by atoms with Crippen LogP contribution in [0.1, 0.15) is 49.1 Å². The van der Waals surface area contributed by atoms with Crippen LogP contribution in [0.15, 0.2) is 18.2 Å². The van der Waals surface area contributed by atoms with Crippen molar-refractivity contribution < 1.29 is 19.2 Å². The number of amides is 1. The van der Waals surface area contributed by atoms with Gasteiger partial charge in [0.25, 0.3) is 11.6 Å². The first kappa shape index (κ1) is 18.0. The Kier molecular flexibility index (Phi) is 5.27. The highest BCUT2D eigenvalue weighted by Crippen LogP contribution is 2.26. The summed E-state index contributed by atoms with van der Waals surface area (Å²) in [6.45, 7) is 0.243. The summed E-state index contributed by atoms with van der Waals surface area (Å²) in [6.07, 6.45) is 4.28. The number of hydrogen-bond acceptors (Lipinski definition) is 7. The Balaban J connectivity index is 1.76. The van der Waals surface area contributed by atoms with Crippen LogP contribution in [0.4, 0.5) is 5.69 Å². The van der Waals surface area contributed by atoms with Gasteiger partial charge in [-0.15, -0.1) is 11.3 Å². The van der Waals surface area contributed by atoms with Gasteiger partial charge in [0.1, 0.15) is 5.01 Å². The van der Waals surface area contributed by atoms with Crippen LogP contribution in [0.25, 0.3) is 0 Å². The number of ether oxygens (including phenoxy) is 1. The smallest absolute Gasteiger partial charge is 0.338 e. The number of benzene rings is 1. The van der Waals surface area contributed by atoms with E-state index >= 15 is 0 Å². The zero-order valence-corrected chi connectivity index (χ0v) is 14.9. The molecule has 2 aromatic rings. The average molecular weight is 375 g/mol. The number of nitro groups is 1. The minimum Gasteiger partial charge on any atom is -0.465 e. The molecule has 1 N–H and O–H groups in total. The number of rotatable bonds is 5. The highest BCUT2D eigenvalue weighted by atomic mass is 32.1. The molecule has 1 aliphatic carbocycles. The van der Waals surface area contributed by atoms with Crippen molar-refractivity contribution in [2.24, 2.45) is 0 Å². The molecule has 3 rings (SSSR count). The Morgan fingerprint density at radius 3 is 2.69 bits per heavy atom. The van der Waals surface area contributed by atoms with Crippen molar-refractivity contribution in [1.82, 2.24) is 10.3 Å². The lowest BCUT2D eigenvalue weighted by Gasteiger charge is -2.06. The van der Waals surface area contributed by atoms with Gasteiger partial charge in [0.05, 0.1) is 29.8 Å². The molecule has 0 saturated carbocycles. The van der Waals surface area contributed by atoms with Crippen LogP contribution in [0.2, 0.25) is 0 Å². The molecule has 0 aliphatic heterocycles. The van der Waals surface area contributed by atoms with Crippen LogP contribution in [0, 0.1) is 10.1 Å². The maximum atomic E-state index is 12.4. The van der Waals surface area contributed by atoms with Gasteiger partial charge in [-0.1, -0.05) is 0 Å². The number of carbonyl (C=O) groups excluding carboxylic acids is 2. The molecule has 0 unspecified atom stereocenters. The molecule has 1 aromatic heterocycles. The third-order valence-electron chi connectivity index (χ3n) is 4.10. The minimum atomic E-state index is -0.740. The zero-order valence-electron chi connectivity index (χ0n) is 14.1. The molecule has 136 valence electrons. The lowest BCUT2D eigenvalue weighted by Crippen LogP contribution is -2.23. The van der Waals surface area contributed by atoms with Gasteiger partial charge in [0, 0.05) is 22.6 Å². The van der Waals surface area contributed by atoms with E-state index in [1.54, 1.807) is 11.3 Å². The van der Waals surface area contributed by atoms with Gasteiger partial charge in [0.2, 0.25) is 0 Å². The summed E-state index contributed by atoms with van der Waals surface area (Å²) in [6, 6.07) is 3.49. The number of hydrogen-bond donors (Lipinski definition) is 1. The predicted molar refractivity (Wildman–Crippen MR) is 94.4 cm³/mol. The fourth-order valence-electron chi connectivity index (χ4n) is 2.82. The number of non-ortho nitro benzene ring substituents is 1. The molecule has 0 saturated heterocycles. The molecule has 1 amide bonds. The Morgan fingerprint density at radius 2 is 2.00 bits per heavy atom. The Morgan fingerprint density at radius 1 is 1.27 bits per heavy atom. The Bertz CT molecular complexity index is 854. The second-order valence-corrected chi connectivity index (χ2v) is 7.05. The van der Waals surface area contributed by atoms with Crippen LogP contribution in [0.5, 0.6) is 0 Å². The first-order valence-corrected chi connectivity index (χ1v) is 8.93. The van der Waals surface area contributed by atoms with E-state index in [0.29, 0.717) is 0 Å². The number of nitrogens with one attached hydrogen (secondary N) is 1. The van der Waals surface area contributed by atoms with Crippen LogP contribution >= 0.6 is 11.3 Å². The van der Waals surface area contributed by atoms with Crippen LogP contribution < -0.4 is 5.32 Å². The lowest BCUT2D eigenvalue weighted by molar-refractivity contribution is -0.384. The van der Waals surface area contributed by atoms with Gasteiger partial charge >= 0.3 is 5.97 Å². The zero-order chi connectivity index (χ0) is 18.7. The van der Waals surface area contributed by atoms with E-state index in [0.717, 1.165) is 48.5 Å². The van der Waals surface area contributed by atoms with E-state index in [-0.39, 0.29) is 23.4 Å². The average Bonchev–Trinajstić information content (AvgIpc) is 3.07. The van der Waals surface area contributed by atoms with Gasteiger partial charge in [-0.25, -0.2) is 9.78 Å². The molecule has 26 heavy (non-hydrogen) atoms. The highest BCUT2D eigenvalue weighted by molar-refractivity contribution is 7.11. The van der Waals surface area contributed by atoms with Crippen molar-refractivity contribution in [1.29, 1.82) is 0 Å². The Labute approximate surface area is 153 Å². The number of nitrogens with zero attached hydrogens (tertiary/aromatic N) is 2. The normalized spacial score (nSPS) is 13.0. The van der Waals surface area contributed by atoms with Crippen molar-refractivity contribution in [3.8, 4) is 0 Å². The highest BCUT2D eigenvalue weighted by Gasteiger charge is 2.19. The monoisotopic (exact) mass is 375 g/mol. The summed E-state index contributed by atoms with van der Waals surface area (Å²) in [4.78, 5) is 40.3. The number of carbonyl (C=O) groups is 2. The standard InChI is InChI=1S/C17H17N3O5S/c1-25-17(22)11-6-10(7-12(8-11)20(23)24)16(21)18-9-15-19-13-4-2-3-5-14(13)26-15/h6-8H,2-5,9H2,1H3,(H,18,21). The summed E-state index contributed by atoms with van der Waals surface area (Å²) in [5.41, 5.74) is 0.745. The van der Waals surface area contributed by atoms with Gasteiger partial charge in [-0.05, 0) is 31.7 Å². The third-order valence-corrected chi connectivity index (χ3v) is 5.26. The molecular formula is C17H17N3O5S. The number of nitro benzene ring substituents is 1. The molecule has 8 nitrogen and oxygen atoms in total. The first-order chi connectivity index (χ1) is 12.5. The van der Waals surface area contributed by atoms with Gasteiger partial charge in [0.15, 0.2) is 0 Å². The number of fused-ring (bicyclic) bond motifs is 1. The SMILES string of the molecule is COC(=O)c1cc(C(=O)NCc2nc3c(s2)CCCC3)cc([N+](=O)[O-])c1. The van der Waals surface area contributed by atoms with Crippen LogP contribution in [0.3, 0.4) is 0 Å². The van der Waals surface area contributed by atoms with E-state index in [9.17, 15) is 19.7 Å². The molecular weight excluding hydrogens is 358 g/mol. The van der Waals surface area contributed by atoms with Crippen molar-refractivity contribution in [3.63, 3.8) is 0 Å².